The van der Waals surface area contributed by atoms with Crippen LogP contribution in [0.15, 0.2) is 59.6 Å². The molecule has 3 fully saturated rings. The van der Waals surface area contributed by atoms with Gasteiger partial charge in [0.25, 0.3) is 11.8 Å². The molecule has 16 nitrogen and oxygen atoms in total. The number of nitrogens with zero attached hydrogens (tertiary/aromatic N) is 6. The number of aryl methyl sites for hydroxylation is 1. The van der Waals surface area contributed by atoms with Crippen molar-refractivity contribution >= 4 is 79.6 Å². The number of rotatable bonds is 13. The first-order valence-corrected chi connectivity index (χ1v) is 23.9. The minimum atomic E-state index is -3.60. The highest BCUT2D eigenvalue weighted by atomic mass is 35.5. The number of ether oxygens (including phenoxy) is 1. The van der Waals surface area contributed by atoms with Crippen LogP contribution in [0.4, 0.5) is 38.9 Å². The Morgan fingerprint density at radius 1 is 0.862 bits per heavy atom. The van der Waals surface area contributed by atoms with E-state index in [1.165, 1.54) is 12.3 Å². The second-order valence-corrected chi connectivity index (χ2v) is 20.4. The van der Waals surface area contributed by atoms with Crippen molar-refractivity contribution in [3.05, 3.63) is 82.3 Å². The van der Waals surface area contributed by atoms with Gasteiger partial charge in [0.2, 0.25) is 17.8 Å². The number of piperidine rings is 2. The molecule has 19 heteroatoms. The molecular formula is C46H53ClFN9O7S. The van der Waals surface area contributed by atoms with Gasteiger partial charge in [0.15, 0.2) is 15.7 Å². The van der Waals surface area contributed by atoms with Crippen LogP contribution in [0.3, 0.4) is 0 Å². The van der Waals surface area contributed by atoms with Crippen LogP contribution >= 0.6 is 11.6 Å². The normalized spacial score (nSPS) is 18.7. The fraction of sp³-hybridized carbons (Fsp3) is 0.435. The minimum Gasteiger partial charge on any atom is -0.489 e. The molecule has 4 aliphatic heterocycles. The molecule has 5 heterocycles. The number of aromatic nitrogens is 2. The van der Waals surface area contributed by atoms with Crippen LogP contribution in [0.1, 0.15) is 79.7 Å². The molecule has 3 saturated heterocycles. The number of fused-ring (bicyclic) bond motifs is 1. The minimum absolute atomic E-state index is 0.00752. The Balaban J connectivity index is 0.882. The maximum Gasteiger partial charge on any atom is 0.262 e. The van der Waals surface area contributed by atoms with Gasteiger partial charge in [-0.05, 0) is 95.7 Å². The molecule has 3 N–H and O–H groups in total. The highest BCUT2D eigenvalue weighted by Gasteiger charge is 2.45. The van der Waals surface area contributed by atoms with Crippen LogP contribution in [-0.4, -0.2) is 115 Å². The first kappa shape index (κ1) is 45.7. The molecule has 4 aromatic rings. The van der Waals surface area contributed by atoms with E-state index in [9.17, 15) is 27.6 Å². The molecule has 0 saturated carbocycles. The van der Waals surface area contributed by atoms with Gasteiger partial charge in [-0.1, -0.05) is 23.7 Å². The molecule has 0 aliphatic carbocycles. The summed E-state index contributed by atoms with van der Waals surface area (Å²) in [6.45, 7) is 14.4. The van der Waals surface area contributed by atoms with Crippen molar-refractivity contribution in [3.63, 3.8) is 0 Å². The average Bonchev–Trinajstić information content (AvgIpc) is 3.50. The van der Waals surface area contributed by atoms with E-state index < -0.39 is 50.6 Å². The summed E-state index contributed by atoms with van der Waals surface area (Å²) in [4.78, 5) is 67.4. The lowest BCUT2D eigenvalue weighted by molar-refractivity contribution is -0.136. The number of carbonyl (C=O) groups excluding carboxylic acids is 4. The summed E-state index contributed by atoms with van der Waals surface area (Å²) >= 11 is 6.51. The second-order valence-electron chi connectivity index (χ2n) is 17.5. The molecule has 8 rings (SSSR count). The molecule has 3 aromatic carbocycles. The maximum atomic E-state index is 15.6. The molecule has 0 spiro atoms. The number of benzene rings is 3. The van der Waals surface area contributed by atoms with Gasteiger partial charge in [0, 0.05) is 64.0 Å². The Kier molecular flexibility index (Phi) is 13.1. The lowest BCUT2D eigenvalue weighted by atomic mass is 9.95. The zero-order valence-corrected chi connectivity index (χ0v) is 38.6. The van der Waals surface area contributed by atoms with Crippen LogP contribution in [0, 0.1) is 18.7 Å². The van der Waals surface area contributed by atoms with Gasteiger partial charge in [-0.3, -0.25) is 34.3 Å². The van der Waals surface area contributed by atoms with E-state index in [2.05, 4.69) is 42.6 Å². The average molecular weight is 931 g/mol. The number of carbonyl (C=O) groups is 4. The summed E-state index contributed by atoms with van der Waals surface area (Å²) in [6.07, 6.45) is 3.33. The number of hydrogen-bond acceptors (Lipinski definition) is 14. The van der Waals surface area contributed by atoms with Gasteiger partial charge in [-0.25, -0.2) is 17.8 Å². The Morgan fingerprint density at radius 3 is 2.22 bits per heavy atom. The smallest absolute Gasteiger partial charge is 0.262 e. The molecule has 1 unspecified atom stereocenters. The van der Waals surface area contributed by atoms with Crippen LogP contribution in [0.5, 0.6) is 5.75 Å². The third-order valence-electron chi connectivity index (χ3n) is 12.4. The third-order valence-corrected chi connectivity index (χ3v) is 14.9. The number of piperazine rings is 1. The first-order chi connectivity index (χ1) is 31.0. The number of nitrogens with one attached hydrogen (secondary N) is 3. The quantitative estimate of drug-likeness (QED) is 0.124. The number of imide groups is 2. The third kappa shape index (κ3) is 9.47. The van der Waals surface area contributed by atoms with E-state index in [1.54, 1.807) is 38.1 Å². The van der Waals surface area contributed by atoms with Gasteiger partial charge in [-0.2, -0.15) is 4.98 Å². The zero-order valence-electron chi connectivity index (χ0n) is 37.0. The monoisotopic (exact) mass is 929 g/mol. The van der Waals surface area contributed by atoms with Crippen LogP contribution < -0.4 is 30.5 Å². The van der Waals surface area contributed by atoms with Crippen LogP contribution in [-0.2, 0) is 19.4 Å². The number of hydrogen-bond donors (Lipinski definition) is 3. The van der Waals surface area contributed by atoms with Crippen molar-refractivity contribution in [2.45, 2.75) is 82.6 Å². The lowest BCUT2D eigenvalue weighted by Crippen LogP contribution is -2.54. The van der Waals surface area contributed by atoms with Crippen molar-refractivity contribution in [3.8, 4) is 5.75 Å². The first-order valence-electron chi connectivity index (χ1n) is 22.0. The molecule has 0 bridgehead atoms. The van der Waals surface area contributed by atoms with Gasteiger partial charge >= 0.3 is 0 Å². The SMILES string of the molecule is Cc1cc(Nc2ncc(Cl)c(Nc3ccccc3S(=O)(=O)C(C)C)n2)c(OC(C)C)cc1N1CCC(CN2CCN(c3cc4c(cc3F)C(=O)N(C3CCC(=O)NC3=O)C4=O)CC2)CC1. The predicted octanol–water partition coefficient (Wildman–Crippen LogP) is 6.47. The van der Waals surface area contributed by atoms with Crippen LogP contribution in [0.25, 0.3) is 0 Å². The summed E-state index contributed by atoms with van der Waals surface area (Å²) in [6, 6.07) is 12.1. The molecule has 65 heavy (non-hydrogen) atoms. The number of para-hydroxylation sites is 1. The highest BCUT2D eigenvalue weighted by molar-refractivity contribution is 7.92. The van der Waals surface area contributed by atoms with Crippen molar-refractivity contribution in [1.29, 1.82) is 0 Å². The number of amides is 4. The fourth-order valence-corrected chi connectivity index (χ4v) is 10.3. The van der Waals surface area contributed by atoms with Gasteiger partial charge in [0.05, 0.1) is 50.6 Å². The van der Waals surface area contributed by atoms with E-state index in [0.29, 0.717) is 49.2 Å². The Labute approximate surface area is 382 Å². The Morgan fingerprint density at radius 2 is 1.54 bits per heavy atom. The highest BCUT2D eigenvalue weighted by Crippen LogP contribution is 2.39. The lowest BCUT2D eigenvalue weighted by Gasteiger charge is -2.40. The van der Waals surface area contributed by atoms with Gasteiger partial charge in [-0.15, -0.1) is 0 Å². The largest absolute Gasteiger partial charge is 0.489 e. The van der Waals surface area contributed by atoms with E-state index in [0.717, 1.165) is 54.7 Å². The van der Waals surface area contributed by atoms with Gasteiger partial charge < -0.3 is 25.2 Å². The standard InChI is InChI=1S/C46H53ClFN9O7S/c1-26(2)64-39-23-37(28(5)20-35(39)51-46-49-24-32(47)42(53-46)50-34-8-6-7-9-40(34)65(62,63)27(3)4)55-14-12-29(13-15-55)25-54-16-18-56(19-17-54)38-22-31-30(21-33(38)48)44(60)57(45(31)61)36-10-11-41(58)52-43(36)59/h6-9,20-24,26-27,29,36H,10-19,25H2,1-5H3,(H,52,58,59)(H2,49,50,51,53). The number of halogens is 2. The zero-order chi connectivity index (χ0) is 46.3. The summed E-state index contributed by atoms with van der Waals surface area (Å²) in [5.74, 6) is -1.58. The summed E-state index contributed by atoms with van der Waals surface area (Å²) < 4.78 is 48.1. The predicted molar refractivity (Wildman–Crippen MR) is 246 cm³/mol. The summed E-state index contributed by atoms with van der Waals surface area (Å²) in [5, 5.41) is 8.18. The Hall–Kier alpha value is -5.85. The molecular weight excluding hydrogens is 877 g/mol. The van der Waals surface area contributed by atoms with Crippen molar-refractivity contribution in [1.82, 2.24) is 25.1 Å². The maximum absolute atomic E-state index is 15.6. The molecule has 4 aliphatic rings. The van der Waals surface area contributed by atoms with E-state index in [1.807, 2.05) is 30.9 Å². The number of anilines is 6. The Bertz CT molecular complexity index is 2650. The molecule has 0 radical (unpaired) electrons. The molecule has 4 amide bonds. The van der Waals surface area contributed by atoms with E-state index in [-0.39, 0.29) is 57.4 Å². The fourth-order valence-electron chi connectivity index (χ4n) is 8.92. The molecule has 344 valence electrons. The van der Waals surface area contributed by atoms with Crippen LogP contribution in [0.2, 0.25) is 5.02 Å². The summed E-state index contributed by atoms with van der Waals surface area (Å²) in [7, 11) is -3.60. The molecule has 1 atom stereocenters. The van der Waals surface area contributed by atoms with Gasteiger partial charge in [0.1, 0.15) is 22.6 Å². The van der Waals surface area contributed by atoms with Crippen molar-refractivity contribution in [2.75, 3.05) is 66.2 Å². The topological polar surface area (TPSA) is 186 Å². The van der Waals surface area contributed by atoms with E-state index >= 15 is 4.39 Å². The van der Waals surface area contributed by atoms with E-state index in [4.69, 9.17) is 16.3 Å². The second kappa shape index (κ2) is 18.6. The van der Waals surface area contributed by atoms with Crippen molar-refractivity contribution in [2.24, 2.45) is 5.92 Å². The molecule has 1 aromatic heterocycles. The summed E-state index contributed by atoms with van der Waals surface area (Å²) in [5.41, 5.74) is 3.36. The number of sulfone groups is 1. The van der Waals surface area contributed by atoms with Crippen molar-refractivity contribution < 1.29 is 36.7 Å².